The van der Waals surface area contributed by atoms with Crippen molar-refractivity contribution in [1.29, 1.82) is 0 Å². The average Bonchev–Trinajstić information content (AvgIpc) is 3.06. The molecule has 0 saturated heterocycles. The highest BCUT2D eigenvalue weighted by molar-refractivity contribution is 7.90. The molecule has 0 fully saturated rings. The monoisotopic (exact) mass is 360 g/mol. The summed E-state index contributed by atoms with van der Waals surface area (Å²) in [5.41, 5.74) is 1.05. The fourth-order valence-corrected chi connectivity index (χ4v) is 3.80. The molecule has 0 saturated carbocycles. The van der Waals surface area contributed by atoms with Gasteiger partial charge in [-0.15, -0.1) is 0 Å². The first-order valence-electron chi connectivity index (χ1n) is 7.08. The van der Waals surface area contributed by atoms with Crippen LogP contribution in [0.3, 0.4) is 0 Å². The van der Waals surface area contributed by atoms with Crippen molar-refractivity contribution in [3.8, 4) is 0 Å². The zero-order valence-corrected chi connectivity index (χ0v) is 14.0. The van der Waals surface area contributed by atoms with Crippen LogP contribution in [-0.2, 0) is 15.6 Å². The zero-order chi connectivity index (χ0) is 17.2. The molecule has 0 amide bonds. The van der Waals surface area contributed by atoms with E-state index >= 15 is 0 Å². The van der Waals surface area contributed by atoms with Crippen molar-refractivity contribution in [3.05, 3.63) is 82.9 Å². The number of halogens is 1. The van der Waals surface area contributed by atoms with Gasteiger partial charge in [0.25, 0.3) is 0 Å². The number of hydrogen-bond donors (Lipinski definition) is 1. The first kappa shape index (κ1) is 16.4. The summed E-state index contributed by atoms with van der Waals surface area (Å²) in [6, 6.07) is 13.3. The molecule has 122 valence electrons. The van der Waals surface area contributed by atoms with E-state index in [0.29, 0.717) is 5.56 Å². The predicted molar refractivity (Wildman–Crippen MR) is 90.8 cm³/mol. The molecule has 0 aliphatic heterocycles. The van der Waals surface area contributed by atoms with E-state index in [2.05, 4.69) is 9.97 Å². The standard InChI is InChI=1S/C17H13ClN2O3S/c18-17-14(7-4-8-19-17)16(21)15-9-13(10-20-15)24(22,23)11-12-5-2-1-3-6-12/h1-10,20H,11H2. The van der Waals surface area contributed by atoms with E-state index in [0.717, 1.165) is 0 Å². The fourth-order valence-electron chi connectivity index (χ4n) is 2.26. The lowest BCUT2D eigenvalue weighted by Crippen LogP contribution is -2.05. The van der Waals surface area contributed by atoms with Crippen molar-refractivity contribution in [2.45, 2.75) is 10.6 Å². The molecular formula is C17H13ClN2O3S. The van der Waals surface area contributed by atoms with Gasteiger partial charge in [0.15, 0.2) is 9.84 Å². The van der Waals surface area contributed by atoms with Gasteiger partial charge < -0.3 is 4.98 Å². The Balaban J connectivity index is 1.88. The maximum absolute atomic E-state index is 12.5. The van der Waals surface area contributed by atoms with Gasteiger partial charge in [-0.05, 0) is 23.8 Å². The van der Waals surface area contributed by atoms with Gasteiger partial charge in [-0.1, -0.05) is 41.9 Å². The largest absolute Gasteiger partial charge is 0.357 e. The number of pyridine rings is 1. The van der Waals surface area contributed by atoms with Gasteiger partial charge in [0.05, 0.1) is 21.9 Å². The second kappa shape index (κ2) is 6.59. The van der Waals surface area contributed by atoms with E-state index in [1.54, 1.807) is 30.3 Å². The molecular weight excluding hydrogens is 348 g/mol. The number of carbonyl (C=O) groups excluding carboxylic acids is 1. The Bertz CT molecular complexity index is 982. The number of H-pyrrole nitrogens is 1. The molecule has 0 radical (unpaired) electrons. The summed E-state index contributed by atoms with van der Waals surface area (Å²) < 4.78 is 24.9. The topological polar surface area (TPSA) is 79.9 Å². The lowest BCUT2D eigenvalue weighted by molar-refractivity contribution is 0.103. The molecule has 3 rings (SSSR count). The molecule has 0 aliphatic carbocycles. The number of nitrogens with one attached hydrogen (secondary N) is 1. The summed E-state index contributed by atoms with van der Waals surface area (Å²) in [6.45, 7) is 0. The SMILES string of the molecule is O=C(c1cc(S(=O)(=O)Cc2ccccc2)c[nH]1)c1cccnc1Cl. The Morgan fingerprint density at radius 3 is 2.58 bits per heavy atom. The summed E-state index contributed by atoms with van der Waals surface area (Å²) in [4.78, 5) is 19.0. The Morgan fingerprint density at radius 1 is 1.12 bits per heavy atom. The number of sulfone groups is 1. The number of aromatic nitrogens is 2. The minimum atomic E-state index is -3.55. The third-order valence-electron chi connectivity index (χ3n) is 3.46. The summed E-state index contributed by atoms with van der Waals surface area (Å²) in [7, 11) is -3.55. The number of carbonyl (C=O) groups is 1. The van der Waals surface area contributed by atoms with Crippen molar-refractivity contribution < 1.29 is 13.2 Å². The van der Waals surface area contributed by atoms with Gasteiger partial charge >= 0.3 is 0 Å². The minimum Gasteiger partial charge on any atom is -0.357 e. The molecule has 0 spiro atoms. The highest BCUT2D eigenvalue weighted by Gasteiger charge is 2.21. The van der Waals surface area contributed by atoms with Crippen LogP contribution in [0, 0.1) is 0 Å². The molecule has 1 aromatic carbocycles. The number of benzene rings is 1. The number of hydrogen-bond acceptors (Lipinski definition) is 4. The van der Waals surface area contributed by atoms with Crippen molar-refractivity contribution in [3.63, 3.8) is 0 Å². The molecule has 0 atom stereocenters. The molecule has 2 heterocycles. The quantitative estimate of drug-likeness (QED) is 0.559. The molecule has 0 aliphatic rings. The van der Waals surface area contributed by atoms with Crippen LogP contribution in [0.2, 0.25) is 5.15 Å². The summed E-state index contributed by atoms with van der Waals surface area (Å²) >= 11 is 5.91. The van der Waals surface area contributed by atoms with E-state index in [4.69, 9.17) is 11.6 Å². The first-order chi connectivity index (χ1) is 11.5. The first-order valence-corrected chi connectivity index (χ1v) is 9.11. The van der Waals surface area contributed by atoms with Crippen LogP contribution in [0.5, 0.6) is 0 Å². The van der Waals surface area contributed by atoms with Gasteiger partial charge in [0, 0.05) is 12.4 Å². The van der Waals surface area contributed by atoms with Crippen LogP contribution in [0.25, 0.3) is 0 Å². The molecule has 24 heavy (non-hydrogen) atoms. The lowest BCUT2D eigenvalue weighted by Gasteiger charge is -2.02. The van der Waals surface area contributed by atoms with Crippen molar-refractivity contribution in [1.82, 2.24) is 9.97 Å². The zero-order valence-electron chi connectivity index (χ0n) is 12.4. The average molecular weight is 361 g/mol. The van der Waals surface area contributed by atoms with Crippen LogP contribution >= 0.6 is 11.6 Å². The van der Waals surface area contributed by atoms with Crippen LogP contribution in [0.4, 0.5) is 0 Å². The molecule has 0 unspecified atom stereocenters. The smallest absolute Gasteiger partial charge is 0.212 e. The minimum absolute atomic E-state index is 0.0646. The molecule has 7 heteroatoms. The van der Waals surface area contributed by atoms with Crippen LogP contribution in [0.1, 0.15) is 21.6 Å². The Hall–Kier alpha value is -2.44. The van der Waals surface area contributed by atoms with Gasteiger partial charge in [-0.3, -0.25) is 4.79 Å². The van der Waals surface area contributed by atoms with E-state index < -0.39 is 15.6 Å². The Labute approximate surface area is 144 Å². The highest BCUT2D eigenvalue weighted by Crippen LogP contribution is 2.21. The third kappa shape index (κ3) is 3.39. The van der Waals surface area contributed by atoms with E-state index in [-0.39, 0.29) is 27.1 Å². The second-order valence-electron chi connectivity index (χ2n) is 5.16. The van der Waals surface area contributed by atoms with Crippen molar-refractivity contribution in [2.75, 3.05) is 0 Å². The molecule has 1 N–H and O–H groups in total. The fraction of sp³-hybridized carbons (Fsp3) is 0.0588. The highest BCUT2D eigenvalue weighted by atomic mass is 35.5. The van der Waals surface area contributed by atoms with Gasteiger partial charge in [-0.25, -0.2) is 13.4 Å². The summed E-state index contributed by atoms with van der Waals surface area (Å²) in [5.74, 6) is -0.540. The number of nitrogens with zero attached hydrogens (tertiary/aromatic N) is 1. The third-order valence-corrected chi connectivity index (χ3v) is 5.43. The predicted octanol–water partition coefficient (Wildman–Crippen LogP) is 3.27. The summed E-state index contributed by atoms with van der Waals surface area (Å²) in [5, 5.41) is 0.0748. The van der Waals surface area contributed by atoms with Crippen molar-refractivity contribution in [2.24, 2.45) is 0 Å². The van der Waals surface area contributed by atoms with Gasteiger partial charge in [0.2, 0.25) is 5.78 Å². The van der Waals surface area contributed by atoms with E-state index in [9.17, 15) is 13.2 Å². The maximum Gasteiger partial charge on any atom is 0.212 e. The second-order valence-corrected chi connectivity index (χ2v) is 7.51. The van der Waals surface area contributed by atoms with E-state index in [1.165, 1.54) is 24.5 Å². The normalized spacial score (nSPS) is 11.4. The maximum atomic E-state index is 12.5. The Kier molecular flexibility index (Phi) is 4.51. The number of ketones is 1. The molecule has 5 nitrogen and oxygen atoms in total. The van der Waals surface area contributed by atoms with Crippen LogP contribution < -0.4 is 0 Å². The summed E-state index contributed by atoms with van der Waals surface area (Å²) in [6.07, 6.45) is 2.79. The van der Waals surface area contributed by atoms with Gasteiger partial charge in [-0.2, -0.15) is 0 Å². The molecule has 2 aromatic heterocycles. The molecule has 0 bridgehead atoms. The van der Waals surface area contributed by atoms with Crippen molar-refractivity contribution >= 4 is 27.2 Å². The molecule has 3 aromatic rings. The lowest BCUT2D eigenvalue weighted by atomic mass is 10.1. The van der Waals surface area contributed by atoms with E-state index in [1.807, 2.05) is 6.07 Å². The van der Waals surface area contributed by atoms with Gasteiger partial charge in [0.1, 0.15) is 5.15 Å². The van der Waals surface area contributed by atoms with Crippen LogP contribution in [0.15, 0.2) is 65.8 Å². The number of rotatable bonds is 5. The Morgan fingerprint density at radius 2 is 1.88 bits per heavy atom. The number of aromatic amines is 1. The van der Waals surface area contributed by atoms with Crippen LogP contribution in [-0.4, -0.2) is 24.2 Å².